The largest absolute Gasteiger partial charge is 0.392 e. The molecule has 0 fully saturated rings. The molecular weight excluding hydrogens is 232 g/mol. The van der Waals surface area contributed by atoms with Crippen LogP contribution in [-0.4, -0.2) is 11.7 Å². The average Bonchev–Trinajstić information content (AvgIpc) is 2.48. The Bertz CT molecular complexity index is 526. The minimum atomic E-state index is 0.0979. The van der Waals surface area contributed by atoms with Crippen molar-refractivity contribution in [1.29, 1.82) is 0 Å². The highest BCUT2D eigenvalue weighted by Crippen LogP contribution is 2.17. The molecule has 2 rings (SSSR count). The lowest BCUT2D eigenvalue weighted by Crippen LogP contribution is -1.90. The number of allylic oxidation sites excluding steroid dienone is 3. The zero-order valence-electron chi connectivity index (χ0n) is 11.2. The van der Waals surface area contributed by atoms with Gasteiger partial charge in [0.1, 0.15) is 0 Å². The maximum absolute atomic E-state index is 8.76. The van der Waals surface area contributed by atoms with Gasteiger partial charge in [-0.2, -0.15) is 0 Å². The van der Waals surface area contributed by atoms with Gasteiger partial charge in [0.05, 0.1) is 6.61 Å². The molecule has 0 radical (unpaired) electrons. The molecule has 1 aromatic carbocycles. The lowest BCUT2D eigenvalue weighted by molar-refractivity contribution is 0.342. The van der Waals surface area contributed by atoms with Crippen LogP contribution in [0.15, 0.2) is 48.1 Å². The normalized spacial score (nSPS) is 14.9. The SMILES string of the molecule is OC/C=C/Cc1ccccc1C#CC1=CCCCC1. The maximum Gasteiger partial charge on any atom is 0.0612 e. The summed E-state index contributed by atoms with van der Waals surface area (Å²) in [7, 11) is 0. The summed E-state index contributed by atoms with van der Waals surface area (Å²) in [4.78, 5) is 0. The van der Waals surface area contributed by atoms with Crippen molar-refractivity contribution in [2.24, 2.45) is 0 Å². The summed E-state index contributed by atoms with van der Waals surface area (Å²) in [6.07, 6.45) is 11.7. The van der Waals surface area contributed by atoms with Gasteiger partial charge in [-0.1, -0.05) is 48.3 Å². The molecule has 0 saturated heterocycles. The van der Waals surface area contributed by atoms with Gasteiger partial charge in [0.15, 0.2) is 0 Å². The third-order valence-electron chi connectivity index (χ3n) is 3.28. The van der Waals surface area contributed by atoms with Gasteiger partial charge in [-0.15, -0.1) is 0 Å². The second-order valence-corrected chi connectivity index (χ2v) is 4.74. The highest BCUT2D eigenvalue weighted by molar-refractivity contribution is 5.46. The van der Waals surface area contributed by atoms with E-state index >= 15 is 0 Å². The Morgan fingerprint density at radius 3 is 2.79 bits per heavy atom. The van der Waals surface area contributed by atoms with Gasteiger partial charge < -0.3 is 5.11 Å². The maximum atomic E-state index is 8.76. The van der Waals surface area contributed by atoms with Gasteiger partial charge in [0.25, 0.3) is 0 Å². The van der Waals surface area contributed by atoms with Crippen molar-refractivity contribution in [1.82, 2.24) is 0 Å². The summed E-state index contributed by atoms with van der Waals surface area (Å²) in [6, 6.07) is 8.23. The van der Waals surface area contributed by atoms with E-state index in [0.29, 0.717) is 0 Å². The molecule has 98 valence electrons. The molecule has 0 amide bonds. The molecule has 0 atom stereocenters. The van der Waals surface area contributed by atoms with E-state index in [1.165, 1.54) is 30.4 Å². The lowest BCUT2D eigenvalue weighted by Gasteiger charge is -2.06. The van der Waals surface area contributed by atoms with Crippen LogP contribution in [0.25, 0.3) is 0 Å². The average molecular weight is 252 g/mol. The third kappa shape index (κ3) is 4.43. The summed E-state index contributed by atoms with van der Waals surface area (Å²) in [5.74, 6) is 6.60. The summed E-state index contributed by atoms with van der Waals surface area (Å²) in [5, 5.41) is 8.76. The number of hydrogen-bond acceptors (Lipinski definition) is 1. The summed E-state index contributed by atoms with van der Waals surface area (Å²) in [6.45, 7) is 0.0979. The van der Waals surface area contributed by atoms with Crippen LogP contribution in [0, 0.1) is 11.8 Å². The first-order valence-electron chi connectivity index (χ1n) is 6.95. The van der Waals surface area contributed by atoms with Crippen LogP contribution in [0.5, 0.6) is 0 Å². The van der Waals surface area contributed by atoms with E-state index in [1.807, 2.05) is 18.2 Å². The molecule has 1 aliphatic rings. The van der Waals surface area contributed by atoms with Gasteiger partial charge in [-0.3, -0.25) is 0 Å². The standard InChI is InChI=1S/C18H20O/c19-15-7-6-12-17-10-4-5-11-18(17)14-13-16-8-2-1-3-9-16/h4-8,10-11,19H,1-3,9,12,15H2/b7-6+. The summed E-state index contributed by atoms with van der Waals surface area (Å²) >= 11 is 0. The molecule has 0 saturated carbocycles. The highest BCUT2D eigenvalue weighted by Gasteiger charge is 2.00. The van der Waals surface area contributed by atoms with Crippen LogP contribution in [0.4, 0.5) is 0 Å². The summed E-state index contributed by atoms with van der Waals surface area (Å²) in [5.41, 5.74) is 3.60. The molecule has 0 bridgehead atoms. The van der Waals surface area contributed by atoms with Crippen LogP contribution in [0.1, 0.15) is 36.8 Å². The van der Waals surface area contributed by atoms with Gasteiger partial charge >= 0.3 is 0 Å². The number of aliphatic hydroxyl groups is 1. The Morgan fingerprint density at radius 1 is 1.11 bits per heavy atom. The fourth-order valence-electron chi connectivity index (χ4n) is 2.20. The third-order valence-corrected chi connectivity index (χ3v) is 3.28. The molecule has 0 heterocycles. The van der Waals surface area contributed by atoms with E-state index in [4.69, 9.17) is 5.11 Å². The molecule has 0 spiro atoms. The molecule has 1 N–H and O–H groups in total. The number of hydrogen-bond donors (Lipinski definition) is 1. The Labute approximate surface area is 115 Å². The van der Waals surface area contributed by atoms with E-state index in [9.17, 15) is 0 Å². The van der Waals surface area contributed by atoms with Crippen molar-refractivity contribution in [3.63, 3.8) is 0 Å². The van der Waals surface area contributed by atoms with E-state index in [2.05, 4.69) is 30.0 Å². The van der Waals surface area contributed by atoms with E-state index in [-0.39, 0.29) is 6.61 Å². The Hall–Kier alpha value is -1.78. The Morgan fingerprint density at radius 2 is 2.00 bits per heavy atom. The smallest absolute Gasteiger partial charge is 0.0612 e. The number of aliphatic hydroxyl groups excluding tert-OH is 1. The fraction of sp³-hybridized carbons (Fsp3) is 0.333. The first-order valence-corrected chi connectivity index (χ1v) is 6.95. The van der Waals surface area contributed by atoms with Crippen molar-refractivity contribution in [2.45, 2.75) is 32.1 Å². The molecule has 1 heteroatoms. The zero-order valence-corrected chi connectivity index (χ0v) is 11.2. The molecule has 0 aromatic heterocycles. The number of benzene rings is 1. The first-order chi connectivity index (χ1) is 9.40. The lowest BCUT2D eigenvalue weighted by atomic mass is 9.99. The van der Waals surface area contributed by atoms with Gasteiger partial charge in [0.2, 0.25) is 0 Å². The predicted octanol–water partition coefficient (Wildman–Crippen LogP) is 3.63. The monoisotopic (exact) mass is 252 g/mol. The minimum Gasteiger partial charge on any atom is -0.392 e. The zero-order chi connectivity index (χ0) is 13.3. The molecule has 1 nitrogen and oxygen atoms in total. The molecule has 1 aliphatic carbocycles. The minimum absolute atomic E-state index is 0.0979. The van der Waals surface area contributed by atoms with Crippen LogP contribution in [-0.2, 0) is 6.42 Å². The summed E-state index contributed by atoms with van der Waals surface area (Å²) < 4.78 is 0. The van der Waals surface area contributed by atoms with Crippen molar-refractivity contribution in [3.8, 4) is 11.8 Å². The molecule has 0 aliphatic heterocycles. The highest BCUT2D eigenvalue weighted by atomic mass is 16.2. The first kappa shape index (κ1) is 13.6. The quantitative estimate of drug-likeness (QED) is 0.643. The van der Waals surface area contributed by atoms with Crippen molar-refractivity contribution in [3.05, 3.63) is 59.2 Å². The van der Waals surface area contributed by atoms with Crippen molar-refractivity contribution >= 4 is 0 Å². The van der Waals surface area contributed by atoms with E-state index in [0.717, 1.165) is 18.4 Å². The topological polar surface area (TPSA) is 20.2 Å². The van der Waals surface area contributed by atoms with Crippen LogP contribution >= 0.6 is 0 Å². The predicted molar refractivity (Wildman–Crippen MR) is 79.8 cm³/mol. The van der Waals surface area contributed by atoms with Crippen molar-refractivity contribution in [2.75, 3.05) is 6.61 Å². The number of rotatable bonds is 3. The molecule has 1 aromatic rings. The fourth-order valence-corrected chi connectivity index (χ4v) is 2.20. The molecule has 0 unspecified atom stereocenters. The van der Waals surface area contributed by atoms with E-state index in [1.54, 1.807) is 6.08 Å². The van der Waals surface area contributed by atoms with Crippen LogP contribution < -0.4 is 0 Å². The second-order valence-electron chi connectivity index (χ2n) is 4.74. The van der Waals surface area contributed by atoms with Gasteiger partial charge in [0, 0.05) is 5.56 Å². The Balaban J connectivity index is 2.13. The van der Waals surface area contributed by atoms with Crippen molar-refractivity contribution < 1.29 is 5.11 Å². The Kier molecular flexibility index (Phi) is 5.47. The molecular formula is C18H20O. The van der Waals surface area contributed by atoms with Crippen LogP contribution in [0.3, 0.4) is 0 Å². The van der Waals surface area contributed by atoms with E-state index < -0.39 is 0 Å². The second kappa shape index (κ2) is 7.61. The van der Waals surface area contributed by atoms with Crippen LogP contribution in [0.2, 0.25) is 0 Å². The van der Waals surface area contributed by atoms with Gasteiger partial charge in [-0.25, -0.2) is 0 Å². The molecule has 19 heavy (non-hydrogen) atoms. The van der Waals surface area contributed by atoms with Gasteiger partial charge in [-0.05, 0) is 49.3 Å².